The highest BCUT2D eigenvalue weighted by molar-refractivity contribution is 7.10. The Morgan fingerprint density at radius 1 is 1.25 bits per heavy atom. The van der Waals surface area contributed by atoms with Crippen LogP contribution in [-0.2, 0) is 11.2 Å². The standard InChI is InChI=1S/C24H33N3O4S/c1-5-17(3)27(24(29)25-6-2)15-23(28)26-13-11-22-18(12-14-32-22)19(26)16-31-21-10-8-7-9-20(21)30-4/h7-10,12,14,17,19H,5-6,11,13,15-16H2,1-4H3,(H,25,29)/t17-,19-/m1/s1. The Labute approximate surface area is 194 Å². The average Bonchev–Trinajstić information content (AvgIpc) is 3.29. The molecule has 1 aromatic carbocycles. The highest BCUT2D eigenvalue weighted by Crippen LogP contribution is 2.35. The van der Waals surface area contributed by atoms with Crippen LogP contribution in [0.3, 0.4) is 0 Å². The number of amides is 3. The molecule has 0 unspecified atom stereocenters. The Morgan fingerprint density at radius 3 is 2.69 bits per heavy atom. The van der Waals surface area contributed by atoms with Gasteiger partial charge in [0.15, 0.2) is 11.5 Å². The number of benzene rings is 1. The highest BCUT2D eigenvalue weighted by Gasteiger charge is 2.34. The van der Waals surface area contributed by atoms with Gasteiger partial charge in [0.1, 0.15) is 13.2 Å². The van der Waals surface area contributed by atoms with Crippen LogP contribution in [0.15, 0.2) is 35.7 Å². The first-order valence-electron chi connectivity index (χ1n) is 11.2. The van der Waals surface area contributed by atoms with Gasteiger partial charge in [-0.3, -0.25) is 4.79 Å². The number of thiophene rings is 1. The van der Waals surface area contributed by atoms with Gasteiger partial charge in [0.25, 0.3) is 0 Å². The first kappa shape index (κ1) is 23.9. The molecule has 174 valence electrons. The van der Waals surface area contributed by atoms with Crippen LogP contribution in [0.4, 0.5) is 4.79 Å². The van der Waals surface area contributed by atoms with Gasteiger partial charge >= 0.3 is 6.03 Å². The van der Waals surface area contributed by atoms with Gasteiger partial charge in [0.05, 0.1) is 13.2 Å². The van der Waals surface area contributed by atoms with E-state index in [1.54, 1.807) is 23.3 Å². The van der Waals surface area contributed by atoms with Gasteiger partial charge < -0.3 is 24.6 Å². The number of nitrogens with one attached hydrogen (secondary N) is 1. The third-order valence-electron chi connectivity index (χ3n) is 5.90. The third kappa shape index (κ3) is 5.35. The topological polar surface area (TPSA) is 71.1 Å². The van der Waals surface area contributed by atoms with Crippen LogP contribution >= 0.6 is 11.3 Å². The van der Waals surface area contributed by atoms with Gasteiger partial charge in [-0.15, -0.1) is 11.3 Å². The molecular weight excluding hydrogens is 426 g/mol. The predicted molar refractivity (Wildman–Crippen MR) is 126 cm³/mol. The summed E-state index contributed by atoms with van der Waals surface area (Å²) in [5, 5.41) is 4.89. The monoisotopic (exact) mass is 459 g/mol. The summed E-state index contributed by atoms with van der Waals surface area (Å²) in [7, 11) is 1.61. The number of fused-ring (bicyclic) bond motifs is 1. The zero-order valence-electron chi connectivity index (χ0n) is 19.3. The van der Waals surface area contributed by atoms with Crippen LogP contribution in [-0.4, -0.2) is 61.1 Å². The zero-order valence-corrected chi connectivity index (χ0v) is 20.1. The van der Waals surface area contributed by atoms with Gasteiger partial charge in [0, 0.05) is 24.0 Å². The van der Waals surface area contributed by atoms with Gasteiger partial charge in [-0.2, -0.15) is 0 Å². The maximum Gasteiger partial charge on any atom is 0.318 e. The molecule has 3 rings (SSSR count). The number of hydrogen-bond acceptors (Lipinski definition) is 5. The smallest absolute Gasteiger partial charge is 0.318 e. The van der Waals surface area contributed by atoms with E-state index in [4.69, 9.17) is 9.47 Å². The molecular formula is C24H33N3O4S. The van der Waals surface area contributed by atoms with E-state index in [1.807, 2.05) is 49.9 Å². The van der Waals surface area contributed by atoms with Crippen molar-refractivity contribution in [2.75, 3.05) is 33.4 Å². The van der Waals surface area contributed by atoms with E-state index in [0.29, 0.717) is 31.2 Å². The van der Waals surface area contributed by atoms with Crippen LogP contribution < -0.4 is 14.8 Å². The largest absolute Gasteiger partial charge is 0.493 e. The molecule has 2 atom stereocenters. The molecule has 2 aromatic rings. The highest BCUT2D eigenvalue weighted by atomic mass is 32.1. The Balaban J connectivity index is 1.80. The number of nitrogens with zero attached hydrogens (tertiary/aromatic N) is 2. The molecule has 7 nitrogen and oxygen atoms in total. The van der Waals surface area contributed by atoms with Crippen molar-refractivity contribution in [2.45, 2.75) is 45.7 Å². The molecule has 1 aliphatic rings. The minimum Gasteiger partial charge on any atom is -0.493 e. The van der Waals surface area contributed by atoms with Gasteiger partial charge in [-0.25, -0.2) is 4.79 Å². The second-order valence-electron chi connectivity index (χ2n) is 7.83. The van der Waals surface area contributed by atoms with E-state index in [0.717, 1.165) is 18.4 Å². The quantitative estimate of drug-likeness (QED) is 0.613. The lowest BCUT2D eigenvalue weighted by atomic mass is 10.00. The summed E-state index contributed by atoms with van der Waals surface area (Å²) in [5.41, 5.74) is 1.12. The van der Waals surface area contributed by atoms with Gasteiger partial charge in [0.2, 0.25) is 5.91 Å². The molecule has 0 saturated heterocycles. The maximum atomic E-state index is 13.4. The van der Waals surface area contributed by atoms with E-state index >= 15 is 0 Å². The van der Waals surface area contributed by atoms with Crippen molar-refractivity contribution in [1.82, 2.24) is 15.1 Å². The lowest BCUT2D eigenvalue weighted by Gasteiger charge is -2.38. The molecule has 0 saturated carbocycles. The molecule has 1 aromatic heterocycles. The number of para-hydroxylation sites is 2. The molecule has 0 radical (unpaired) electrons. The summed E-state index contributed by atoms with van der Waals surface area (Å²) in [6.45, 7) is 7.36. The Kier molecular flexibility index (Phi) is 8.39. The second-order valence-corrected chi connectivity index (χ2v) is 8.84. The van der Waals surface area contributed by atoms with Crippen molar-refractivity contribution < 1.29 is 19.1 Å². The van der Waals surface area contributed by atoms with E-state index in [-0.39, 0.29) is 30.6 Å². The number of carbonyl (C=O) groups excluding carboxylic acids is 2. The normalized spacial score (nSPS) is 16.1. The molecule has 32 heavy (non-hydrogen) atoms. The molecule has 2 heterocycles. The van der Waals surface area contributed by atoms with Crippen molar-refractivity contribution in [3.05, 3.63) is 46.2 Å². The fourth-order valence-electron chi connectivity index (χ4n) is 3.92. The zero-order chi connectivity index (χ0) is 23.1. The van der Waals surface area contributed by atoms with Crippen molar-refractivity contribution in [3.63, 3.8) is 0 Å². The number of ether oxygens (including phenoxy) is 2. The second kappa shape index (κ2) is 11.2. The van der Waals surface area contributed by atoms with Crippen molar-refractivity contribution in [3.8, 4) is 11.5 Å². The number of carbonyl (C=O) groups is 2. The Bertz CT molecular complexity index is 916. The summed E-state index contributed by atoms with van der Waals surface area (Å²) in [6, 6.07) is 9.13. The molecule has 0 spiro atoms. The van der Waals surface area contributed by atoms with Crippen LogP contribution in [0.25, 0.3) is 0 Å². The summed E-state index contributed by atoms with van der Waals surface area (Å²) in [5.74, 6) is 1.24. The molecule has 0 aliphatic carbocycles. The lowest BCUT2D eigenvalue weighted by Crippen LogP contribution is -2.52. The van der Waals surface area contributed by atoms with E-state index in [1.165, 1.54) is 4.88 Å². The van der Waals surface area contributed by atoms with E-state index in [2.05, 4.69) is 16.8 Å². The first-order valence-corrected chi connectivity index (χ1v) is 12.0. The average molecular weight is 460 g/mol. The summed E-state index contributed by atoms with van der Waals surface area (Å²) in [4.78, 5) is 30.8. The fraction of sp³-hybridized carbons (Fsp3) is 0.500. The summed E-state index contributed by atoms with van der Waals surface area (Å²) in [6.07, 6.45) is 1.59. The Morgan fingerprint density at radius 2 is 2.00 bits per heavy atom. The third-order valence-corrected chi connectivity index (χ3v) is 6.89. The molecule has 8 heteroatoms. The van der Waals surface area contributed by atoms with E-state index in [9.17, 15) is 9.59 Å². The van der Waals surface area contributed by atoms with Gasteiger partial charge in [-0.1, -0.05) is 19.1 Å². The lowest BCUT2D eigenvalue weighted by molar-refractivity contribution is -0.135. The number of urea groups is 1. The van der Waals surface area contributed by atoms with Crippen molar-refractivity contribution in [1.29, 1.82) is 0 Å². The molecule has 3 amide bonds. The summed E-state index contributed by atoms with van der Waals surface area (Å²) < 4.78 is 11.5. The molecule has 1 aliphatic heterocycles. The Hall–Kier alpha value is -2.74. The first-order chi connectivity index (χ1) is 15.5. The number of rotatable bonds is 9. The number of hydrogen-bond donors (Lipinski definition) is 1. The molecule has 1 N–H and O–H groups in total. The molecule has 0 fully saturated rings. The van der Waals surface area contributed by atoms with Crippen molar-refractivity contribution in [2.24, 2.45) is 0 Å². The van der Waals surface area contributed by atoms with Crippen molar-refractivity contribution >= 4 is 23.3 Å². The minimum absolute atomic E-state index is 0.0321. The SMILES string of the molecule is CCNC(=O)N(CC(=O)N1CCc2sccc2[C@H]1COc1ccccc1OC)[C@H](C)CC. The predicted octanol–water partition coefficient (Wildman–Crippen LogP) is 4.09. The van der Waals surface area contributed by atoms with Crippen LogP contribution in [0.2, 0.25) is 0 Å². The molecule has 0 bridgehead atoms. The number of methoxy groups -OCH3 is 1. The van der Waals surface area contributed by atoms with Crippen LogP contribution in [0.1, 0.15) is 43.7 Å². The minimum atomic E-state index is -0.213. The maximum absolute atomic E-state index is 13.4. The fourth-order valence-corrected chi connectivity index (χ4v) is 4.85. The van der Waals surface area contributed by atoms with Gasteiger partial charge in [-0.05, 0) is 55.8 Å². The summed E-state index contributed by atoms with van der Waals surface area (Å²) >= 11 is 1.71. The van der Waals surface area contributed by atoms with Crippen LogP contribution in [0.5, 0.6) is 11.5 Å². The van der Waals surface area contributed by atoms with E-state index < -0.39 is 0 Å². The van der Waals surface area contributed by atoms with Crippen LogP contribution in [0, 0.1) is 0 Å².